The number of anilines is 1. The van der Waals surface area contributed by atoms with Crippen molar-refractivity contribution in [2.45, 2.75) is 6.92 Å². The van der Waals surface area contributed by atoms with Crippen molar-refractivity contribution in [3.05, 3.63) is 52.5 Å². The van der Waals surface area contributed by atoms with Gasteiger partial charge in [-0.25, -0.2) is 0 Å². The zero-order valence-electron chi connectivity index (χ0n) is 12.2. The lowest BCUT2D eigenvalue weighted by molar-refractivity contribution is 0.394. The highest BCUT2D eigenvalue weighted by molar-refractivity contribution is 6.31. The summed E-state index contributed by atoms with van der Waals surface area (Å²) in [5.74, 6) is 1.43. The number of hydrogen-bond donors (Lipinski definition) is 1. The van der Waals surface area contributed by atoms with Gasteiger partial charge in [-0.2, -0.15) is 5.10 Å². The molecule has 4 nitrogen and oxygen atoms in total. The summed E-state index contributed by atoms with van der Waals surface area (Å²) in [5, 5.41) is 4.90. The van der Waals surface area contributed by atoms with Crippen molar-refractivity contribution in [1.82, 2.24) is 0 Å². The fourth-order valence-electron chi connectivity index (χ4n) is 1.76. The van der Waals surface area contributed by atoms with Crippen LogP contribution in [0.3, 0.4) is 0 Å². The van der Waals surface area contributed by atoms with E-state index in [1.165, 1.54) is 0 Å². The van der Waals surface area contributed by atoms with Gasteiger partial charge in [-0.05, 0) is 36.8 Å². The Balaban J connectivity index is 2.12. The van der Waals surface area contributed by atoms with Crippen LogP contribution in [0.5, 0.6) is 11.5 Å². The van der Waals surface area contributed by atoms with Crippen molar-refractivity contribution < 1.29 is 9.47 Å². The summed E-state index contributed by atoms with van der Waals surface area (Å²) >= 11 is 6.07. The Morgan fingerprint density at radius 2 is 1.90 bits per heavy atom. The first kappa shape index (κ1) is 15.2. The molecular formula is C16H17ClN2O2. The first-order valence-electron chi connectivity index (χ1n) is 6.41. The summed E-state index contributed by atoms with van der Waals surface area (Å²) in [6.07, 6.45) is 1.69. The van der Waals surface area contributed by atoms with E-state index in [1.807, 2.05) is 43.3 Å². The number of hydrazone groups is 1. The molecule has 21 heavy (non-hydrogen) atoms. The van der Waals surface area contributed by atoms with Crippen molar-refractivity contribution in [3.8, 4) is 11.5 Å². The second-order valence-electron chi connectivity index (χ2n) is 4.44. The third-order valence-electron chi connectivity index (χ3n) is 3.01. The molecular weight excluding hydrogens is 288 g/mol. The van der Waals surface area contributed by atoms with E-state index in [4.69, 9.17) is 21.1 Å². The van der Waals surface area contributed by atoms with Crippen molar-refractivity contribution in [2.24, 2.45) is 5.10 Å². The Morgan fingerprint density at radius 3 is 2.57 bits per heavy atom. The molecule has 2 aromatic carbocycles. The molecule has 0 amide bonds. The van der Waals surface area contributed by atoms with Crippen LogP contribution in [0.2, 0.25) is 5.02 Å². The van der Waals surface area contributed by atoms with Gasteiger partial charge < -0.3 is 9.47 Å². The predicted molar refractivity (Wildman–Crippen MR) is 87.0 cm³/mol. The lowest BCUT2D eigenvalue weighted by Gasteiger charge is -2.07. The maximum Gasteiger partial charge on any atom is 0.131 e. The Kier molecular flexibility index (Phi) is 5.06. The van der Waals surface area contributed by atoms with Gasteiger partial charge in [0.15, 0.2) is 0 Å². The quantitative estimate of drug-likeness (QED) is 0.667. The minimum Gasteiger partial charge on any atom is -0.497 e. The molecule has 0 atom stereocenters. The van der Waals surface area contributed by atoms with Crippen LogP contribution in [-0.2, 0) is 0 Å². The number of methoxy groups -OCH3 is 2. The number of benzene rings is 2. The Bertz CT molecular complexity index is 657. The smallest absolute Gasteiger partial charge is 0.131 e. The van der Waals surface area contributed by atoms with Gasteiger partial charge in [-0.3, -0.25) is 5.43 Å². The van der Waals surface area contributed by atoms with Gasteiger partial charge in [0.05, 0.1) is 26.1 Å². The zero-order chi connectivity index (χ0) is 15.2. The molecule has 2 rings (SSSR count). The molecule has 0 radical (unpaired) electrons. The minimum atomic E-state index is 0.696. The third kappa shape index (κ3) is 3.89. The summed E-state index contributed by atoms with van der Waals surface area (Å²) in [6, 6.07) is 11.2. The summed E-state index contributed by atoms with van der Waals surface area (Å²) in [4.78, 5) is 0. The maximum absolute atomic E-state index is 6.07. The van der Waals surface area contributed by atoms with Crippen LogP contribution < -0.4 is 14.9 Å². The van der Waals surface area contributed by atoms with Gasteiger partial charge >= 0.3 is 0 Å². The second-order valence-corrected chi connectivity index (χ2v) is 4.85. The molecule has 0 aliphatic rings. The summed E-state index contributed by atoms with van der Waals surface area (Å²) in [6.45, 7) is 1.96. The van der Waals surface area contributed by atoms with Crippen molar-refractivity contribution in [1.29, 1.82) is 0 Å². The van der Waals surface area contributed by atoms with Crippen molar-refractivity contribution >= 4 is 23.5 Å². The van der Waals surface area contributed by atoms with E-state index in [0.717, 1.165) is 22.6 Å². The monoisotopic (exact) mass is 304 g/mol. The van der Waals surface area contributed by atoms with E-state index in [0.29, 0.717) is 10.8 Å². The van der Waals surface area contributed by atoms with Crippen LogP contribution >= 0.6 is 11.6 Å². The van der Waals surface area contributed by atoms with Crippen LogP contribution in [0.15, 0.2) is 41.5 Å². The minimum absolute atomic E-state index is 0.696. The van der Waals surface area contributed by atoms with Crippen LogP contribution in [0.1, 0.15) is 11.1 Å². The zero-order valence-corrected chi connectivity index (χ0v) is 12.9. The highest BCUT2D eigenvalue weighted by atomic mass is 35.5. The van der Waals surface area contributed by atoms with E-state index in [9.17, 15) is 0 Å². The van der Waals surface area contributed by atoms with E-state index in [-0.39, 0.29) is 0 Å². The SMILES string of the molecule is COc1ccc(/C=N/Nc2ccc(C)c(Cl)c2)c(OC)c1. The molecule has 0 fully saturated rings. The van der Waals surface area contributed by atoms with E-state index in [2.05, 4.69) is 10.5 Å². The average Bonchev–Trinajstić information content (AvgIpc) is 2.51. The summed E-state index contributed by atoms with van der Waals surface area (Å²) in [7, 11) is 3.23. The van der Waals surface area contributed by atoms with Gasteiger partial charge in [0.1, 0.15) is 11.5 Å². The summed E-state index contributed by atoms with van der Waals surface area (Å²) in [5.41, 5.74) is 5.65. The second kappa shape index (κ2) is 6.99. The predicted octanol–water partition coefficient (Wildman–Crippen LogP) is 4.11. The number of hydrogen-bond acceptors (Lipinski definition) is 4. The molecule has 0 aliphatic carbocycles. The topological polar surface area (TPSA) is 42.8 Å². The lowest BCUT2D eigenvalue weighted by Crippen LogP contribution is -1.95. The van der Waals surface area contributed by atoms with E-state index < -0.39 is 0 Å². The molecule has 0 unspecified atom stereocenters. The fraction of sp³-hybridized carbons (Fsp3) is 0.188. The molecule has 0 aliphatic heterocycles. The van der Waals surface area contributed by atoms with Crippen LogP contribution in [0, 0.1) is 6.92 Å². The normalized spacial score (nSPS) is 10.7. The number of nitrogens with zero attached hydrogens (tertiary/aromatic N) is 1. The maximum atomic E-state index is 6.07. The van der Waals surface area contributed by atoms with E-state index in [1.54, 1.807) is 20.4 Å². The van der Waals surface area contributed by atoms with Crippen LogP contribution in [-0.4, -0.2) is 20.4 Å². The molecule has 1 N–H and O–H groups in total. The molecule has 0 bridgehead atoms. The standard InChI is InChI=1S/C16H17ClN2O2/c1-11-4-6-13(8-15(11)17)19-18-10-12-5-7-14(20-2)9-16(12)21-3/h4-10,19H,1-3H3/b18-10+. The summed E-state index contributed by atoms with van der Waals surface area (Å²) < 4.78 is 10.5. The van der Waals surface area contributed by atoms with E-state index >= 15 is 0 Å². The first-order valence-corrected chi connectivity index (χ1v) is 6.79. The fourth-order valence-corrected chi connectivity index (χ4v) is 1.94. The number of nitrogens with one attached hydrogen (secondary N) is 1. The number of ether oxygens (including phenoxy) is 2. The third-order valence-corrected chi connectivity index (χ3v) is 3.42. The molecule has 0 saturated carbocycles. The Labute approximate surface area is 129 Å². The average molecular weight is 305 g/mol. The van der Waals surface area contributed by atoms with Gasteiger partial charge in [-0.15, -0.1) is 0 Å². The van der Waals surface area contributed by atoms with Gasteiger partial charge in [0.25, 0.3) is 0 Å². The van der Waals surface area contributed by atoms with Crippen molar-refractivity contribution in [2.75, 3.05) is 19.6 Å². The van der Waals surface area contributed by atoms with Crippen LogP contribution in [0.25, 0.3) is 0 Å². The van der Waals surface area contributed by atoms with Gasteiger partial charge in [-0.1, -0.05) is 17.7 Å². The van der Waals surface area contributed by atoms with Crippen molar-refractivity contribution in [3.63, 3.8) is 0 Å². The van der Waals surface area contributed by atoms with Gasteiger partial charge in [0, 0.05) is 16.7 Å². The number of halogens is 1. The Hall–Kier alpha value is -2.20. The van der Waals surface area contributed by atoms with Crippen LogP contribution in [0.4, 0.5) is 5.69 Å². The number of aryl methyl sites for hydroxylation is 1. The number of rotatable bonds is 5. The largest absolute Gasteiger partial charge is 0.497 e. The van der Waals surface area contributed by atoms with Gasteiger partial charge in [0.2, 0.25) is 0 Å². The first-order chi connectivity index (χ1) is 10.1. The molecule has 0 spiro atoms. The molecule has 2 aromatic rings. The highest BCUT2D eigenvalue weighted by Crippen LogP contribution is 2.23. The molecule has 0 heterocycles. The molecule has 5 heteroatoms. The Morgan fingerprint density at radius 1 is 1.10 bits per heavy atom. The molecule has 0 saturated heterocycles. The lowest BCUT2D eigenvalue weighted by atomic mass is 10.2. The highest BCUT2D eigenvalue weighted by Gasteiger charge is 2.02. The molecule has 0 aromatic heterocycles. The molecule has 110 valence electrons.